The summed E-state index contributed by atoms with van der Waals surface area (Å²) in [7, 11) is 0. The molecule has 2 aromatic rings. The van der Waals surface area contributed by atoms with Gasteiger partial charge in [0, 0.05) is 18.0 Å². The highest BCUT2D eigenvalue weighted by Crippen LogP contribution is 2.20. The number of nitrogens with one attached hydrogen (secondary N) is 1. The molecule has 0 radical (unpaired) electrons. The van der Waals surface area contributed by atoms with Gasteiger partial charge in [0.25, 0.3) is 0 Å². The summed E-state index contributed by atoms with van der Waals surface area (Å²) in [5.41, 5.74) is 1.32. The summed E-state index contributed by atoms with van der Waals surface area (Å²) in [5.74, 6) is 1.49. The maximum absolute atomic E-state index is 5.97. The lowest BCUT2D eigenvalue weighted by Gasteiger charge is -2.16. The van der Waals surface area contributed by atoms with Crippen molar-refractivity contribution < 1.29 is 4.74 Å². The van der Waals surface area contributed by atoms with Gasteiger partial charge in [0.05, 0.1) is 0 Å². The third kappa shape index (κ3) is 4.66. The molecule has 1 heterocycles. The van der Waals surface area contributed by atoms with Crippen molar-refractivity contribution in [3.05, 3.63) is 52.2 Å². The molecule has 3 heteroatoms. The number of benzene rings is 1. The molecule has 108 valence electrons. The van der Waals surface area contributed by atoms with E-state index in [4.69, 9.17) is 4.74 Å². The van der Waals surface area contributed by atoms with E-state index in [0.29, 0.717) is 5.92 Å². The molecular formula is C17H23NOS. The van der Waals surface area contributed by atoms with E-state index in [0.717, 1.165) is 18.8 Å². The predicted octanol–water partition coefficient (Wildman–Crippen LogP) is 4.43. The van der Waals surface area contributed by atoms with Crippen LogP contribution < -0.4 is 10.1 Å². The summed E-state index contributed by atoms with van der Waals surface area (Å²) in [6.45, 7) is 8.26. The van der Waals surface area contributed by atoms with Crippen LogP contribution in [0.4, 0.5) is 0 Å². The number of thiophene rings is 1. The van der Waals surface area contributed by atoms with Crippen molar-refractivity contribution in [1.29, 1.82) is 0 Å². The molecule has 2 nitrogen and oxygen atoms in total. The van der Waals surface area contributed by atoms with E-state index in [1.807, 2.05) is 6.07 Å². The van der Waals surface area contributed by atoms with E-state index in [9.17, 15) is 0 Å². The third-order valence-corrected chi connectivity index (χ3v) is 4.05. The molecule has 1 atom stereocenters. The van der Waals surface area contributed by atoms with Crippen LogP contribution in [0.5, 0.6) is 5.75 Å². The fraction of sp³-hybridized carbons (Fsp3) is 0.412. The van der Waals surface area contributed by atoms with Crippen LogP contribution >= 0.6 is 11.3 Å². The zero-order valence-corrected chi connectivity index (χ0v) is 13.2. The largest absolute Gasteiger partial charge is 0.489 e. The fourth-order valence-corrected chi connectivity index (χ4v) is 2.71. The normalized spacial score (nSPS) is 12.6. The molecular weight excluding hydrogens is 266 g/mol. The lowest BCUT2D eigenvalue weighted by atomic mass is 10.0. The zero-order valence-electron chi connectivity index (χ0n) is 12.4. The molecule has 1 aromatic heterocycles. The van der Waals surface area contributed by atoms with Gasteiger partial charge < -0.3 is 10.1 Å². The first-order valence-corrected chi connectivity index (χ1v) is 8.03. The van der Waals surface area contributed by atoms with E-state index in [1.54, 1.807) is 11.3 Å². The molecule has 1 aromatic carbocycles. The number of rotatable bonds is 7. The van der Waals surface area contributed by atoms with Gasteiger partial charge in [-0.3, -0.25) is 0 Å². The topological polar surface area (TPSA) is 21.3 Å². The van der Waals surface area contributed by atoms with E-state index in [-0.39, 0.29) is 6.10 Å². The molecule has 0 aliphatic rings. The van der Waals surface area contributed by atoms with Gasteiger partial charge in [-0.05, 0) is 42.0 Å². The van der Waals surface area contributed by atoms with Gasteiger partial charge in [0.1, 0.15) is 11.9 Å². The van der Waals surface area contributed by atoms with Crippen molar-refractivity contribution in [3.8, 4) is 5.75 Å². The summed E-state index contributed by atoms with van der Waals surface area (Å²) in [5, 5.41) is 5.54. The van der Waals surface area contributed by atoms with Gasteiger partial charge in [-0.25, -0.2) is 0 Å². The maximum atomic E-state index is 5.97. The third-order valence-electron chi connectivity index (χ3n) is 3.17. The summed E-state index contributed by atoms with van der Waals surface area (Å²) in [6.07, 6.45) is 0.164. The monoisotopic (exact) mass is 289 g/mol. The predicted molar refractivity (Wildman–Crippen MR) is 86.6 cm³/mol. The Labute approximate surface area is 125 Å². The van der Waals surface area contributed by atoms with Crippen LogP contribution in [-0.4, -0.2) is 12.6 Å². The Morgan fingerprint density at radius 2 is 2.00 bits per heavy atom. The van der Waals surface area contributed by atoms with Crippen molar-refractivity contribution in [3.63, 3.8) is 0 Å². The number of hydrogen-bond donors (Lipinski definition) is 1. The molecule has 2 rings (SSSR count). The molecule has 0 bridgehead atoms. The summed E-state index contributed by atoms with van der Waals surface area (Å²) < 4.78 is 5.97. The van der Waals surface area contributed by atoms with Crippen LogP contribution in [0.25, 0.3) is 0 Å². The highest BCUT2D eigenvalue weighted by Gasteiger charge is 2.06. The fourth-order valence-electron chi connectivity index (χ4n) is 2.03. The molecule has 0 aliphatic carbocycles. The first kappa shape index (κ1) is 15.1. The van der Waals surface area contributed by atoms with E-state index in [2.05, 4.69) is 61.8 Å². The molecule has 0 spiro atoms. The van der Waals surface area contributed by atoms with Crippen molar-refractivity contribution in [2.75, 3.05) is 6.54 Å². The highest BCUT2D eigenvalue weighted by molar-refractivity contribution is 7.09. The SMILES string of the molecule is CC(CNCc1cccs1)Oc1cccc(C(C)C)c1. The molecule has 1 N–H and O–H groups in total. The van der Waals surface area contributed by atoms with Gasteiger partial charge in [-0.15, -0.1) is 11.3 Å². The molecule has 0 amide bonds. The van der Waals surface area contributed by atoms with Gasteiger partial charge >= 0.3 is 0 Å². The lowest BCUT2D eigenvalue weighted by Crippen LogP contribution is -2.28. The van der Waals surface area contributed by atoms with Crippen molar-refractivity contribution in [2.24, 2.45) is 0 Å². The minimum absolute atomic E-state index is 0.164. The Bertz CT molecular complexity index is 507. The van der Waals surface area contributed by atoms with E-state index < -0.39 is 0 Å². The van der Waals surface area contributed by atoms with E-state index in [1.165, 1.54) is 10.4 Å². The second-order valence-electron chi connectivity index (χ2n) is 5.37. The average Bonchev–Trinajstić information content (AvgIpc) is 2.92. The van der Waals surface area contributed by atoms with Crippen molar-refractivity contribution in [1.82, 2.24) is 5.32 Å². The van der Waals surface area contributed by atoms with Crippen LogP contribution in [0.1, 0.15) is 37.1 Å². The lowest BCUT2D eigenvalue weighted by molar-refractivity contribution is 0.216. The smallest absolute Gasteiger partial charge is 0.120 e. The molecule has 1 unspecified atom stereocenters. The van der Waals surface area contributed by atoms with Gasteiger partial charge in [0.15, 0.2) is 0 Å². The number of hydrogen-bond acceptors (Lipinski definition) is 3. The van der Waals surface area contributed by atoms with Gasteiger partial charge in [-0.1, -0.05) is 32.0 Å². The summed E-state index contributed by atoms with van der Waals surface area (Å²) >= 11 is 1.78. The Morgan fingerprint density at radius 1 is 1.15 bits per heavy atom. The Hall–Kier alpha value is -1.32. The standard InChI is InChI=1S/C17H23NOS/c1-13(2)15-6-4-7-16(10-15)19-14(3)11-18-12-17-8-5-9-20-17/h4-10,13-14,18H,11-12H2,1-3H3. The minimum atomic E-state index is 0.164. The second-order valence-corrected chi connectivity index (χ2v) is 6.40. The molecule has 0 aliphatic heterocycles. The first-order chi connectivity index (χ1) is 9.65. The van der Waals surface area contributed by atoms with Crippen LogP contribution in [-0.2, 0) is 6.54 Å². The van der Waals surface area contributed by atoms with Crippen molar-refractivity contribution >= 4 is 11.3 Å². The van der Waals surface area contributed by atoms with Gasteiger partial charge in [-0.2, -0.15) is 0 Å². The maximum Gasteiger partial charge on any atom is 0.120 e. The number of ether oxygens (including phenoxy) is 1. The van der Waals surface area contributed by atoms with Crippen molar-refractivity contribution in [2.45, 2.75) is 39.3 Å². The first-order valence-electron chi connectivity index (χ1n) is 7.15. The van der Waals surface area contributed by atoms with Gasteiger partial charge in [0.2, 0.25) is 0 Å². The van der Waals surface area contributed by atoms with Crippen LogP contribution in [0.3, 0.4) is 0 Å². The van der Waals surface area contributed by atoms with Crippen LogP contribution in [0.15, 0.2) is 41.8 Å². The highest BCUT2D eigenvalue weighted by atomic mass is 32.1. The second kappa shape index (κ2) is 7.46. The summed E-state index contributed by atoms with van der Waals surface area (Å²) in [6, 6.07) is 12.6. The Kier molecular flexibility index (Phi) is 5.62. The minimum Gasteiger partial charge on any atom is -0.489 e. The van der Waals surface area contributed by atoms with E-state index >= 15 is 0 Å². The quantitative estimate of drug-likeness (QED) is 0.814. The molecule has 0 saturated carbocycles. The summed E-state index contributed by atoms with van der Waals surface area (Å²) in [4.78, 5) is 1.36. The molecule has 0 fully saturated rings. The Morgan fingerprint density at radius 3 is 2.70 bits per heavy atom. The molecule has 0 saturated heterocycles. The molecule has 20 heavy (non-hydrogen) atoms. The Balaban J connectivity index is 1.79. The average molecular weight is 289 g/mol. The van der Waals surface area contributed by atoms with Crippen LogP contribution in [0, 0.1) is 0 Å². The zero-order chi connectivity index (χ0) is 14.4. The van der Waals surface area contributed by atoms with Crippen LogP contribution in [0.2, 0.25) is 0 Å².